The third kappa shape index (κ3) is 7.57. The van der Waals surface area contributed by atoms with Crippen molar-refractivity contribution in [2.75, 3.05) is 4.90 Å². The highest BCUT2D eigenvalue weighted by molar-refractivity contribution is 6.08. The molecule has 3 atom stereocenters. The molecule has 0 N–H and O–H groups in total. The zero-order valence-corrected chi connectivity index (χ0v) is 24.3. The van der Waals surface area contributed by atoms with Crippen molar-refractivity contribution in [1.82, 2.24) is 14.5 Å². The Kier molecular flexibility index (Phi) is 8.19. The zero-order chi connectivity index (χ0) is 29.5. The van der Waals surface area contributed by atoms with E-state index in [1.165, 1.54) is 16.8 Å². The van der Waals surface area contributed by atoms with Crippen molar-refractivity contribution < 1.29 is 33.4 Å². The van der Waals surface area contributed by atoms with Gasteiger partial charge in [0, 0.05) is 12.6 Å². The summed E-state index contributed by atoms with van der Waals surface area (Å²) < 4.78 is 17.6. The minimum absolute atomic E-state index is 0.107. The topological polar surface area (TPSA) is 137 Å². The molecule has 0 unspecified atom stereocenters. The molecule has 2 bridgehead atoms. The van der Waals surface area contributed by atoms with E-state index >= 15 is 0 Å². The fourth-order valence-electron chi connectivity index (χ4n) is 4.74. The molecule has 0 aromatic carbocycles. The number of aromatic nitrogens is 2. The molecule has 1 saturated carbocycles. The quantitative estimate of drug-likeness (QED) is 0.477. The molecule has 2 aliphatic rings. The van der Waals surface area contributed by atoms with E-state index in [0.29, 0.717) is 24.2 Å². The van der Waals surface area contributed by atoms with Gasteiger partial charge in [0.1, 0.15) is 16.8 Å². The number of rotatable bonds is 2. The molecule has 12 nitrogen and oxygen atoms in total. The second kappa shape index (κ2) is 10.6. The number of hydrogen-bond acceptors (Lipinski definition) is 9. The normalized spacial score (nSPS) is 21.7. The first-order chi connectivity index (χ1) is 17.8. The van der Waals surface area contributed by atoms with Crippen LogP contribution in [0.2, 0.25) is 0 Å². The minimum Gasteiger partial charge on any atom is -0.443 e. The Morgan fingerprint density at radius 2 is 1.38 bits per heavy atom. The van der Waals surface area contributed by atoms with Gasteiger partial charge in [-0.15, -0.1) is 0 Å². The third-order valence-corrected chi connectivity index (χ3v) is 6.10. The van der Waals surface area contributed by atoms with E-state index in [0.717, 1.165) is 4.90 Å². The summed E-state index contributed by atoms with van der Waals surface area (Å²) in [5.41, 5.74) is -3.41. The number of carbonyl (C=O) groups is 4. The van der Waals surface area contributed by atoms with Crippen LogP contribution in [-0.4, -0.2) is 61.5 Å². The van der Waals surface area contributed by atoms with Crippen molar-refractivity contribution in [1.29, 1.82) is 0 Å². The molecule has 3 rings (SSSR count). The SMILES string of the molecule is CC(C)(C)OC(=O)N(C(=O)OC(C)(C)C)c1ccn([C@@H]2CC[C@H]3CC(=O)N(C(=O)OC(C)(C)C)[C@@H]2C3)c(=O)n1. The highest BCUT2D eigenvalue weighted by Crippen LogP contribution is 2.41. The Bertz CT molecular complexity index is 1160. The molecule has 0 radical (unpaired) electrons. The van der Waals surface area contributed by atoms with Gasteiger partial charge in [0.05, 0.1) is 12.1 Å². The summed E-state index contributed by atoms with van der Waals surface area (Å²) in [7, 11) is 0. The summed E-state index contributed by atoms with van der Waals surface area (Å²) in [6.45, 7) is 15.0. The number of nitrogens with zero attached hydrogens (tertiary/aromatic N) is 4. The number of ether oxygens (including phenoxy) is 3. The number of likely N-dealkylation sites (tertiary alicyclic amines) is 1. The van der Waals surface area contributed by atoms with Crippen LogP contribution in [-0.2, 0) is 19.0 Å². The van der Waals surface area contributed by atoms with E-state index in [9.17, 15) is 24.0 Å². The number of hydrogen-bond donors (Lipinski definition) is 0. The van der Waals surface area contributed by atoms with Gasteiger partial charge in [-0.3, -0.25) is 9.36 Å². The first kappa shape index (κ1) is 30.1. The lowest BCUT2D eigenvalue weighted by atomic mass is 9.76. The lowest BCUT2D eigenvalue weighted by molar-refractivity contribution is -0.140. The van der Waals surface area contributed by atoms with E-state index in [2.05, 4.69) is 4.98 Å². The molecule has 2 heterocycles. The van der Waals surface area contributed by atoms with Gasteiger partial charge in [0.2, 0.25) is 5.91 Å². The summed E-state index contributed by atoms with van der Waals surface area (Å²) in [6, 6.07) is 0.186. The summed E-state index contributed by atoms with van der Waals surface area (Å²) >= 11 is 0. The largest absolute Gasteiger partial charge is 0.443 e. The monoisotopic (exact) mass is 548 g/mol. The maximum atomic E-state index is 13.3. The van der Waals surface area contributed by atoms with Crippen LogP contribution in [0, 0.1) is 5.92 Å². The van der Waals surface area contributed by atoms with Crippen LogP contribution in [0.25, 0.3) is 0 Å². The highest BCUT2D eigenvalue weighted by atomic mass is 16.6. The molecule has 1 saturated heterocycles. The van der Waals surface area contributed by atoms with Crippen molar-refractivity contribution in [2.45, 2.75) is 117 Å². The fourth-order valence-corrected chi connectivity index (χ4v) is 4.74. The molecular formula is C27H40N4O8. The molecule has 1 aliphatic heterocycles. The zero-order valence-electron chi connectivity index (χ0n) is 24.3. The Morgan fingerprint density at radius 1 is 0.846 bits per heavy atom. The number of anilines is 1. The number of fused-ring (bicyclic) bond motifs is 2. The van der Waals surface area contributed by atoms with Gasteiger partial charge in [0.15, 0.2) is 5.82 Å². The average Bonchev–Trinajstić information content (AvgIpc) is 2.70. The maximum absolute atomic E-state index is 13.3. The van der Waals surface area contributed by atoms with Crippen LogP contribution in [0.15, 0.2) is 17.1 Å². The number of imide groups is 2. The smallest absolute Gasteiger partial charge is 0.425 e. The lowest BCUT2D eigenvalue weighted by Gasteiger charge is -2.46. The standard InChI is InChI=1S/C27H40N4O8/c1-25(2,3)37-22(34)30-18-14-16(15-20(30)32)10-11-17(18)29-13-12-19(28-21(29)33)31(23(35)38-26(4,5)6)24(36)39-27(7,8)9/h12-13,16-18H,10-11,14-15H2,1-9H3/t16-,17-,18-/m1/s1. The number of amides is 4. The molecule has 1 aliphatic carbocycles. The van der Waals surface area contributed by atoms with Gasteiger partial charge in [-0.05, 0) is 93.6 Å². The van der Waals surface area contributed by atoms with Crippen LogP contribution >= 0.6 is 0 Å². The van der Waals surface area contributed by atoms with Crippen molar-refractivity contribution in [2.24, 2.45) is 5.92 Å². The molecular weight excluding hydrogens is 508 g/mol. The Hall–Kier alpha value is -3.44. The van der Waals surface area contributed by atoms with E-state index in [4.69, 9.17) is 14.2 Å². The molecule has 0 spiro atoms. The fraction of sp³-hybridized carbons (Fsp3) is 0.704. The molecule has 1 aromatic rings. The van der Waals surface area contributed by atoms with E-state index in [1.54, 1.807) is 62.3 Å². The predicted octanol–water partition coefficient (Wildman–Crippen LogP) is 4.80. The Morgan fingerprint density at radius 3 is 1.87 bits per heavy atom. The summed E-state index contributed by atoms with van der Waals surface area (Å²) in [5.74, 6) is -0.499. The van der Waals surface area contributed by atoms with Crippen LogP contribution < -0.4 is 10.6 Å². The molecule has 216 valence electrons. The summed E-state index contributed by atoms with van der Waals surface area (Å²) in [6.07, 6.45) is 0.578. The van der Waals surface area contributed by atoms with E-state index in [-0.39, 0.29) is 24.1 Å². The summed E-state index contributed by atoms with van der Waals surface area (Å²) in [4.78, 5) is 70.8. The number of piperidine rings is 1. The predicted molar refractivity (Wildman–Crippen MR) is 141 cm³/mol. The van der Waals surface area contributed by atoms with Gasteiger partial charge < -0.3 is 14.2 Å². The van der Waals surface area contributed by atoms with Crippen LogP contribution in [0.5, 0.6) is 0 Å². The van der Waals surface area contributed by atoms with Crippen molar-refractivity contribution in [3.05, 3.63) is 22.7 Å². The first-order valence-electron chi connectivity index (χ1n) is 13.2. The molecule has 39 heavy (non-hydrogen) atoms. The maximum Gasteiger partial charge on any atom is 0.425 e. The molecule has 4 amide bonds. The second-order valence-corrected chi connectivity index (χ2v) is 13.0. The van der Waals surface area contributed by atoms with E-state index in [1.807, 2.05) is 0 Å². The van der Waals surface area contributed by atoms with Crippen LogP contribution in [0.1, 0.15) is 94.0 Å². The van der Waals surface area contributed by atoms with Gasteiger partial charge in [-0.1, -0.05) is 0 Å². The molecule has 2 fully saturated rings. The van der Waals surface area contributed by atoms with Gasteiger partial charge in [-0.25, -0.2) is 24.1 Å². The van der Waals surface area contributed by atoms with Crippen molar-refractivity contribution >= 4 is 30.0 Å². The van der Waals surface area contributed by atoms with Gasteiger partial charge in [0.25, 0.3) is 0 Å². The van der Waals surface area contributed by atoms with Crippen LogP contribution in [0.3, 0.4) is 0 Å². The Labute approximate surface area is 228 Å². The minimum atomic E-state index is -1.05. The third-order valence-electron chi connectivity index (χ3n) is 6.10. The van der Waals surface area contributed by atoms with Gasteiger partial charge in [-0.2, -0.15) is 9.88 Å². The van der Waals surface area contributed by atoms with E-state index < -0.39 is 52.9 Å². The first-order valence-corrected chi connectivity index (χ1v) is 13.2. The van der Waals surface area contributed by atoms with Crippen molar-refractivity contribution in [3.63, 3.8) is 0 Å². The lowest BCUT2D eigenvalue weighted by Crippen LogP contribution is -2.57. The Balaban J connectivity index is 1.97. The highest BCUT2D eigenvalue weighted by Gasteiger charge is 2.47. The van der Waals surface area contributed by atoms with Crippen LogP contribution in [0.4, 0.5) is 20.2 Å². The van der Waals surface area contributed by atoms with Gasteiger partial charge >= 0.3 is 24.0 Å². The van der Waals surface area contributed by atoms with Crippen molar-refractivity contribution in [3.8, 4) is 0 Å². The molecule has 12 heteroatoms. The summed E-state index contributed by atoms with van der Waals surface area (Å²) in [5, 5.41) is 0. The molecule has 1 aromatic heterocycles. The average molecular weight is 549 g/mol. The number of carbonyl (C=O) groups excluding carboxylic acids is 4. The second-order valence-electron chi connectivity index (χ2n) is 13.0.